The molecule has 0 aromatic heterocycles. The number of rotatable bonds is 5. The molecule has 5 aliphatic rings. The van der Waals surface area contributed by atoms with E-state index in [1.165, 1.54) is 64.2 Å². The van der Waals surface area contributed by atoms with Crippen LogP contribution in [0.25, 0.3) is 0 Å². The number of ether oxygens (including phenoxy) is 2. The van der Waals surface area contributed by atoms with E-state index in [4.69, 9.17) is 9.47 Å². The predicted molar refractivity (Wildman–Crippen MR) is 120 cm³/mol. The fourth-order valence-corrected chi connectivity index (χ4v) is 6.48. The van der Waals surface area contributed by atoms with Crippen molar-refractivity contribution < 1.29 is 14.8 Å². The molecule has 3 aliphatic heterocycles. The Balaban J connectivity index is 1.36. The highest BCUT2D eigenvalue weighted by atomic mass is 16.5. The average molecular weight is 438 g/mol. The molecule has 8 heteroatoms. The molecule has 3 atom stereocenters. The minimum absolute atomic E-state index is 0.210. The van der Waals surface area contributed by atoms with E-state index in [0.29, 0.717) is 12.6 Å². The quantitative estimate of drug-likeness (QED) is 0.569. The second kappa shape index (κ2) is 11.2. The summed E-state index contributed by atoms with van der Waals surface area (Å²) in [6, 6.07) is 1.47. The van der Waals surface area contributed by atoms with Gasteiger partial charge in [-0.25, -0.2) is 20.4 Å². The van der Waals surface area contributed by atoms with Gasteiger partial charge in [0.2, 0.25) is 12.6 Å². The van der Waals surface area contributed by atoms with Crippen LogP contribution in [-0.2, 0) is 9.47 Å². The van der Waals surface area contributed by atoms with Crippen molar-refractivity contribution in [2.24, 2.45) is 0 Å². The zero-order valence-corrected chi connectivity index (χ0v) is 19.4. The lowest BCUT2D eigenvalue weighted by molar-refractivity contribution is -0.780. The third-order valence-electron chi connectivity index (χ3n) is 8.19. The molecule has 0 spiro atoms. The molecule has 0 radical (unpaired) electrons. The summed E-state index contributed by atoms with van der Waals surface area (Å²) in [6.45, 7) is 7.41. The number of quaternary nitrogens is 1. The van der Waals surface area contributed by atoms with Gasteiger partial charge in [0.1, 0.15) is 6.29 Å². The minimum Gasteiger partial charge on any atom is -0.379 e. The number of hydrogen-bond acceptors (Lipinski definition) is 7. The van der Waals surface area contributed by atoms with Gasteiger partial charge in [0.25, 0.3) is 0 Å². The van der Waals surface area contributed by atoms with Gasteiger partial charge in [0.15, 0.2) is 0 Å². The van der Waals surface area contributed by atoms with E-state index in [1.807, 2.05) is 0 Å². The van der Waals surface area contributed by atoms with Crippen molar-refractivity contribution in [2.75, 3.05) is 52.6 Å². The van der Waals surface area contributed by atoms with Crippen LogP contribution in [0.2, 0.25) is 0 Å². The van der Waals surface area contributed by atoms with Crippen molar-refractivity contribution in [3.63, 3.8) is 0 Å². The lowest BCUT2D eigenvalue weighted by atomic mass is 9.88. The Morgan fingerprint density at radius 2 is 1.16 bits per heavy atom. The SMILES string of the molecule is C1CCC(N(C2CCCCC2)C2NC(N3CCOCC3)NC(N3CCOCC3)[NH2+]2)CC1. The lowest BCUT2D eigenvalue weighted by Gasteiger charge is -2.51. The molecule has 0 aromatic carbocycles. The Bertz CT molecular complexity index is 486. The summed E-state index contributed by atoms with van der Waals surface area (Å²) >= 11 is 0. The molecule has 4 N–H and O–H groups in total. The summed E-state index contributed by atoms with van der Waals surface area (Å²) in [5.41, 5.74) is 0. The van der Waals surface area contributed by atoms with Gasteiger partial charge in [-0.2, -0.15) is 0 Å². The predicted octanol–water partition coefficient (Wildman–Crippen LogP) is 0.225. The highest BCUT2D eigenvalue weighted by molar-refractivity contribution is 4.87. The van der Waals surface area contributed by atoms with Crippen molar-refractivity contribution in [3.8, 4) is 0 Å². The molecule has 2 aliphatic carbocycles. The van der Waals surface area contributed by atoms with E-state index < -0.39 is 0 Å². The van der Waals surface area contributed by atoms with Crippen molar-refractivity contribution in [2.45, 2.75) is 95.2 Å². The standard InChI is InChI=1S/C23H44N6O2/c1-3-7-19(8-4-1)29(20-9-5-2-6-10-20)23-25-21(27-11-15-30-16-12-27)24-22(26-23)28-13-17-31-18-14-28/h19-26H,1-18H2/p+1. The summed E-state index contributed by atoms with van der Waals surface area (Å²) in [5.74, 6) is 0. The number of nitrogens with two attached hydrogens (primary N) is 1. The second-order valence-electron chi connectivity index (χ2n) is 10.1. The van der Waals surface area contributed by atoms with Crippen LogP contribution in [0.15, 0.2) is 0 Å². The second-order valence-corrected chi connectivity index (χ2v) is 10.1. The van der Waals surface area contributed by atoms with Crippen LogP contribution in [0.1, 0.15) is 64.2 Å². The van der Waals surface area contributed by atoms with Gasteiger partial charge in [-0.3, -0.25) is 10.2 Å². The average Bonchev–Trinajstić information content (AvgIpc) is 2.86. The molecular formula is C23H45N6O2+. The van der Waals surface area contributed by atoms with Crippen molar-refractivity contribution in [1.29, 1.82) is 0 Å². The third kappa shape index (κ3) is 5.61. The maximum absolute atomic E-state index is 5.66. The summed E-state index contributed by atoms with van der Waals surface area (Å²) < 4.78 is 11.3. The molecule has 3 heterocycles. The Hall–Kier alpha value is -0.320. The van der Waals surface area contributed by atoms with Crippen molar-refractivity contribution >= 4 is 0 Å². The summed E-state index contributed by atoms with van der Waals surface area (Å²) in [4.78, 5) is 8.08. The minimum atomic E-state index is 0.210. The molecule has 0 amide bonds. The van der Waals surface area contributed by atoms with Crippen LogP contribution in [0.3, 0.4) is 0 Å². The number of hydrogen-bond donors (Lipinski definition) is 3. The van der Waals surface area contributed by atoms with Crippen LogP contribution in [0.5, 0.6) is 0 Å². The third-order valence-corrected chi connectivity index (χ3v) is 8.19. The normalized spacial score (nSPS) is 36.1. The van der Waals surface area contributed by atoms with Gasteiger partial charge in [-0.15, -0.1) is 0 Å². The Morgan fingerprint density at radius 1 is 0.645 bits per heavy atom. The topological polar surface area (TPSA) is 68.8 Å². The first-order valence-electron chi connectivity index (χ1n) is 13.2. The Labute approximate surface area is 188 Å². The molecule has 5 rings (SSSR count). The smallest absolute Gasteiger partial charge is 0.204 e. The molecule has 2 saturated carbocycles. The molecular weight excluding hydrogens is 392 g/mol. The molecule has 0 aromatic rings. The summed E-state index contributed by atoms with van der Waals surface area (Å²) in [6.07, 6.45) is 14.8. The van der Waals surface area contributed by atoms with Gasteiger partial charge >= 0.3 is 0 Å². The van der Waals surface area contributed by atoms with Crippen LogP contribution < -0.4 is 16.0 Å². The fraction of sp³-hybridized carbons (Fsp3) is 1.00. The fourth-order valence-electron chi connectivity index (χ4n) is 6.48. The summed E-state index contributed by atoms with van der Waals surface area (Å²) in [7, 11) is 0. The van der Waals surface area contributed by atoms with E-state index in [9.17, 15) is 0 Å². The molecule has 178 valence electrons. The van der Waals surface area contributed by atoms with E-state index in [-0.39, 0.29) is 6.29 Å². The molecule has 5 fully saturated rings. The van der Waals surface area contributed by atoms with Gasteiger partial charge in [0, 0.05) is 38.3 Å². The van der Waals surface area contributed by atoms with E-state index >= 15 is 0 Å². The molecule has 31 heavy (non-hydrogen) atoms. The molecule has 3 unspecified atom stereocenters. The molecule has 3 saturated heterocycles. The monoisotopic (exact) mass is 437 g/mol. The zero-order valence-electron chi connectivity index (χ0n) is 19.4. The zero-order chi connectivity index (χ0) is 20.9. The van der Waals surface area contributed by atoms with E-state index in [2.05, 4.69) is 30.7 Å². The van der Waals surface area contributed by atoms with Crippen LogP contribution in [-0.4, -0.2) is 98.3 Å². The van der Waals surface area contributed by atoms with Crippen LogP contribution >= 0.6 is 0 Å². The summed E-state index contributed by atoms with van der Waals surface area (Å²) in [5, 5.41) is 10.6. The van der Waals surface area contributed by atoms with Gasteiger partial charge in [-0.1, -0.05) is 38.5 Å². The van der Waals surface area contributed by atoms with Gasteiger partial charge in [0.05, 0.1) is 26.4 Å². The Kier molecular flexibility index (Phi) is 8.12. The molecule has 0 bridgehead atoms. The Morgan fingerprint density at radius 3 is 1.71 bits per heavy atom. The first-order valence-corrected chi connectivity index (χ1v) is 13.2. The van der Waals surface area contributed by atoms with Gasteiger partial charge in [-0.05, 0) is 25.7 Å². The molecule has 8 nitrogen and oxygen atoms in total. The first-order chi connectivity index (χ1) is 15.4. The maximum atomic E-state index is 5.66. The van der Waals surface area contributed by atoms with E-state index in [0.717, 1.165) is 64.7 Å². The number of morpholine rings is 2. The van der Waals surface area contributed by atoms with Crippen LogP contribution in [0, 0.1) is 0 Å². The van der Waals surface area contributed by atoms with Gasteiger partial charge < -0.3 is 9.47 Å². The number of nitrogens with one attached hydrogen (secondary N) is 2. The van der Waals surface area contributed by atoms with Crippen molar-refractivity contribution in [3.05, 3.63) is 0 Å². The highest BCUT2D eigenvalue weighted by Crippen LogP contribution is 2.31. The first kappa shape index (κ1) is 22.5. The number of nitrogens with zero attached hydrogens (tertiary/aromatic N) is 3. The largest absolute Gasteiger partial charge is 0.379 e. The van der Waals surface area contributed by atoms with E-state index in [1.54, 1.807) is 0 Å². The maximum Gasteiger partial charge on any atom is 0.204 e. The van der Waals surface area contributed by atoms with Crippen LogP contribution in [0.4, 0.5) is 0 Å². The lowest BCUT2D eigenvalue weighted by Crippen LogP contribution is -3.10. The van der Waals surface area contributed by atoms with Crippen molar-refractivity contribution in [1.82, 2.24) is 25.3 Å². The highest BCUT2D eigenvalue weighted by Gasteiger charge is 2.44.